The summed E-state index contributed by atoms with van der Waals surface area (Å²) in [5.74, 6) is 0.663. The molecular weight excluding hydrogens is 484 g/mol. The van der Waals surface area contributed by atoms with E-state index < -0.39 is 6.04 Å². The molecule has 0 amide bonds. The van der Waals surface area contributed by atoms with Crippen LogP contribution in [-0.2, 0) is 4.79 Å². The number of fused-ring (bicyclic) bond motifs is 1. The average molecular weight is 503 g/mol. The first-order valence-electron chi connectivity index (χ1n) is 9.54. The fourth-order valence-corrected chi connectivity index (χ4v) is 5.05. The van der Waals surface area contributed by atoms with Crippen molar-refractivity contribution in [3.63, 3.8) is 0 Å². The van der Waals surface area contributed by atoms with Gasteiger partial charge in [0.25, 0.3) is 5.56 Å². The molecule has 7 nitrogen and oxygen atoms in total. The highest BCUT2D eigenvalue weighted by molar-refractivity contribution is 9.10. The number of thiazole rings is 1. The fraction of sp³-hybridized carbons (Fsp3) is 0.227. The van der Waals surface area contributed by atoms with E-state index in [9.17, 15) is 14.7 Å². The molecular formula is C22H19BrN2O5S. The summed E-state index contributed by atoms with van der Waals surface area (Å²) in [5, 5.41) is 10.1. The maximum Gasteiger partial charge on any atom is 0.271 e. The minimum Gasteiger partial charge on any atom is -0.504 e. The lowest BCUT2D eigenvalue weighted by Crippen LogP contribution is -2.39. The van der Waals surface area contributed by atoms with Crippen molar-refractivity contribution in [2.45, 2.75) is 26.8 Å². The molecule has 2 aromatic heterocycles. The molecule has 0 saturated carbocycles. The molecule has 1 unspecified atom stereocenters. The molecule has 0 saturated heterocycles. The van der Waals surface area contributed by atoms with Crippen LogP contribution in [0.25, 0.3) is 6.08 Å². The van der Waals surface area contributed by atoms with Crippen molar-refractivity contribution in [1.29, 1.82) is 0 Å². The molecule has 0 aliphatic carbocycles. The van der Waals surface area contributed by atoms with Crippen molar-refractivity contribution in [2.24, 2.45) is 4.99 Å². The second kappa shape index (κ2) is 8.32. The number of benzene rings is 1. The molecule has 1 aliphatic rings. The van der Waals surface area contributed by atoms with Gasteiger partial charge in [0.2, 0.25) is 0 Å². The molecule has 0 fully saturated rings. The van der Waals surface area contributed by atoms with Crippen LogP contribution in [0.2, 0.25) is 0 Å². The van der Waals surface area contributed by atoms with Gasteiger partial charge in [0.1, 0.15) is 11.8 Å². The number of phenolic OH excluding ortho intramolecular Hbond substituents is 1. The van der Waals surface area contributed by atoms with E-state index in [-0.39, 0.29) is 17.1 Å². The Morgan fingerprint density at radius 2 is 2.23 bits per heavy atom. The Morgan fingerprint density at radius 1 is 1.45 bits per heavy atom. The summed E-state index contributed by atoms with van der Waals surface area (Å²) in [4.78, 5) is 30.8. The number of rotatable bonds is 5. The third-order valence-corrected chi connectivity index (χ3v) is 6.55. The number of nitrogens with zero attached hydrogens (tertiary/aromatic N) is 2. The highest BCUT2D eigenvalue weighted by Crippen LogP contribution is 2.33. The molecule has 0 spiro atoms. The van der Waals surface area contributed by atoms with Crippen LogP contribution in [0.15, 0.2) is 60.5 Å². The van der Waals surface area contributed by atoms with E-state index in [0.29, 0.717) is 48.8 Å². The molecule has 0 radical (unpaired) electrons. The molecule has 1 aliphatic heterocycles. The molecule has 160 valence electrons. The van der Waals surface area contributed by atoms with Gasteiger partial charge >= 0.3 is 0 Å². The maximum atomic E-state index is 13.4. The molecule has 3 heterocycles. The van der Waals surface area contributed by atoms with E-state index >= 15 is 0 Å². The normalized spacial score (nSPS) is 16.3. The summed E-state index contributed by atoms with van der Waals surface area (Å²) >= 11 is 4.65. The quantitative estimate of drug-likeness (QED) is 0.577. The Bertz CT molecular complexity index is 1380. The lowest BCUT2D eigenvalue weighted by atomic mass is 9.98. The Morgan fingerprint density at radius 3 is 2.87 bits per heavy atom. The summed E-state index contributed by atoms with van der Waals surface area (Å²) in [6, 6.07) is 5.98. The lowest BCUT2D eigenvalue weighted by Gasteiger charge is -2.22. The second-order valence-electron chi connectivity index (χ2n) is 6.93. The predicted molar refractivity (Wildman–Crippen MR) is 120 cm³/mol. The van der Waals surface area contributed by atoms with Crippen LogP contribution in [-0.4, -0.2) is 22.1 Å². The van der Waals surface area contributed by atoms with E-state index in [1.807, 2.05) is 6.92 Å². The van der Waals surface area contributed by atoms with Crippen LogP contribution in [0.3, 0.4) is 0 Å². The van der Waals surface area contributed by atoms with Crippen LogP contribution in [0.4, 0.5) is 0 Å². The van der Waals surface area contributed by atoms with E-state index in [2.05, 4.69) is 20.9 Å². The van der Waals surface area contributed by atoms with Crippen molar-refractivity contribution < 1.29 is 19.1 Å². The maximum absolute atomic E-state index is 13.4. The van der Waals surface area contributed by atoms with Gasteiger partial charge < -0.3 is 14.3 Å². The number of allylic oxidation sites excluding steroid dienone is 2. The molecule has 1 N–H and O–H groups in total. The van der Waals surface area contributed by atoms with Gasteiger partial charge in [0.05, 0.1) is 17.4 Å². The number of halogens is 1. The fourth-order valence-electron chi connectivity index (χ4n) is 3.57. The van der Waals surface area contributed by atoms with Gasteiger partial charge in [-0.05, 0) is 56.7 Å². The number of phenols is 1. The zero-order chi connectivity index (χ0) is 22.3. The second-order valence-corrected chi connectivity index (χ2v) is 8.79. The Hall–Kier alpha value is -2.91. The number of hydrogen-bond acceptors (Lipinski definition) is 7. The third kappa shape index (κ3) is 3.79. The SMILES string of the molecule is CCOc1cc(C=c2sc3n(c2=O)C(c2ccco2)C(C(C)=O)=C(C)N=3)c(Br)cc1O. The Balaban J connectivity index is 1.95. The predicted octanol–water partition coefficient (Wildman–Crippen LogP) is 3.28. The van der Waals surface area contributed by atoms with E-state index in [1.54, 1.807) is 31.2 Å². The zero-order valence-corrected chi connectivity index (χ0v) is 19.4. The minimum atomic E-state index is -0.673. The van der Waals surface area contributed by atoms with Crippen LogP contribution in [0.1, 0.15) is 38.1 Å². The number of aromatic nitrogens is 1. The van der Waals surface area contributed by atoms with Crippen LogP contribution >= 0.6 is 27.3 Å². The number of ether oxygens (including phenoxy) is 1. The highest BCUT2D eigenvalue weighted by Gasteiger charge is 2.32. The van der Waals surface area contributed by atoms with Crippen molar-refractivity contribution in [2.75, 3.05) is 6.61 Å². The first-order valence-corrected chi connectivity index (χ1v) is 11.1. The average Bonchev–Trinajstić information content (AvgIpc) is 3.33. The first kappa shape index (κ1) is 21.3. The number of hydrogen-bond donors (Lipinski definition) is 1. The third-order valence-electron chi connectivity index (χ3n) is 4.88. The number of carbonyl (C=O) groups excluding carboxylic acids is 1. The molecule has 1 atom stereocenters. The molecule has 31 heavy (non-hydrogen) atoms. The van der Waals surface area contributed by atoms with E-state index in [4.69, 9.17) is 9.15 Å². The number of furan rings is 1. The van der Waals surface area contributed by atoms with E-state index in [1.165, 1.54) is 35.2 Å². The summed E-state index contributed by atoms with van der Waals surface area (Å²) in [7, 11) is 0. The van der Waals surface area contributed by atoms with Crippen LogP contribution in [0, 0.1) is 0 Å². The minimum absolute atomic E-state index is 0.00637. The number of Topliss-reactive ketones (excluding diaryl/α,β-unsaturated/α-hetero) is 1. The summed E-state index contributed by atoms with van der Waals surface area (Å²) in [6.07, 6.45) is 3.23. The van der Waals surface area contributed by atoms with Gasteiger partial charge in [-0.25, -0.2) is 4.99 Å². The molecule has 3 aromatic rings. The van der Waals surface area contributed by atoms with Crippen molar-refractivity contribution in [3.05, 3.63) is 77.3 Å². The van der Waals surface area contributed by atoms with Gasteiger partial charge in [0.15, 0.2) is 22.1 Å². The van der Waals surface area contributed by atoms with Gasteiger partial charge in [0, 0.05) is 15.7 Å². The van der Waals surface area contributed by atoms with Crippen LogP contribution in [0.5, 0.6) is 11.5 Å². The van der Waals surface area contributed by atoms with Crippen molar-refractivity contribution >= 4 is 39.1 Å². The van der Waals surface area contributed by atoms with E-state index in [0.717, 1.165) is 0 Å². The molecule has 0 bridgehead atoms. The summed E-state index contributed by atoms with van der Waals surface area (Å²) in [5.41, 5.74) is 1.38. The van der Waals surface area contributed by atoms with Gasteiger partial charge in [-0.1, -0.05) is 27.3 Å². The largest absolute Gasteiger partial charge is 0.504 e. The first-order chi connectivity index (χ1) is 14.8. The summed E-state index contributed by atoms with van der Waals surface area (Å²) < 4.78 is 13.6. The molecule has 9 heteroatoms. The molecule has 4 rings (SSSR count). The number of ketones is 1. The van der Waals surface area contributed by atoms with Gasteiger partial charge in [-0.15, -0.1) is 0 Å². The highest BCUT2D eigenvalue weighted by atomic mass is 79.9. The zero-order valence-electron chi connectivity index (χ0n) is 17.0. The van der Waals surface area contributed by atoms with Gasteiger partial charge in [-0.2, -0.15) is 0 Å². The van der Waals surface area contributed by atoms with Gasteiger partial charge in [-0.3, -0.25) is 14.2 Å². The standard InChI is InChI=1S/C22H19BrN2O5S/c1-4-29-17-8-13(14(23)10-15(17)27)9-18-21(28)25-20(16-6-5-7-30-16)19(12(3)26)11(2)24-22(25)31-18/h5-10,20,27H,4H2,1-3H3. The molecule has 1 aromatic carbocycles. The van der Waals surface area contributed by atoms with Crippen molar-refractivity contribution in [3.8, 4) is 11.5 Å². The smallest absolute Gasteiger partial charge is 0.271 e. The monoisotopic (exact) mass is 502 g/mol. The Labute approximate surface area is 189 Å². The van der Waals surface area contributed by atoms with Crippen LogP contribution < -0.4 is 19.6 Å². The lowest BCUT2D eigenvalue weighted by molar-refractivity contribution is -0.114. The number of aromatic hydroxyl groups is 1. The Kier molecular flexibility index (Phi) is 5.72. The topological polar surface area (TPSA) is 94.0 Å². The number of carbonyl (C=O) groups is 1. The van der Waals surface area contributed by atoms with Crippen molar-refractivity contribution in [1.82, 2.24) is 4.57 Å². The summed E-state index contributed by atoms with van der Waals surface area (Å²) in [6.45, 7) is 5.44.